The summed E-state index contributed by atoms with van der Waals surface area (Å²) in [5.41, 5.74) is 1.09. The van der Waals surface area contributed by atoms with Crippen molar-refractivity contribution in [3.05, 3.63) is 47.3 Å². The third kappa shape index (κ3) is 5.48. The number of rotatable bonds is 6. The molecule has 0 bridgehead atoms. The molecule has 0 unspecified atom stereocenters. The molecule has 18 heavy (non-hydrogen) atoms. The van der Waals surface area contributed by atoms with E-state index in [4.69, 9.17) is 0 Å². The van der Waals surface area contributed by atoms with Crippen LogP contribution in [0.3, 0.4) is 0 Å². The molecule has 0 fully saturated rings. The van der Waals surface area contributed by atoms with Crippen LogP contribution in [-0.2, 0) is 0 Å². The molecule has 1 aromatic rings. The SMILES string of the molecule is CC(C)C[N+]([O-])(/C=C/c1ccccc1)CC(C)C. The number of nitrogens with zero attached hydrogens (tertiary/aromatic N) is 1. The van der Waals surface area contributed by atoms with Crippen LogP contribution in [0.1, 0.15) is 33.3 Å². The van der Waals surface area contributed by atoms with Crippen LogP contribution in [0, 0.1) is 17.0 Å². The van der Waals surface area contributed by atoms with E-state index in [9.17, 15) is 5.21 Å². The van der Waals surface area contributed by atoms with E-state index in [1.54, 1.807) is 6.20 Å². The largest absolute Gasteiger partial charge is 0.628 e. The standard InChI is InChI=1S/C16H25NO/c1-14(2)12-17(18,13-15(3)4)11-10-16-8-6-5-7-9-16/h5-11,14-15H,12-13H2,1-4H3/b11-10+. The first-order valence-corrected chi connectivity index (χ1v) is 6.73. The topological polar surface area (TPSA) is 23.1 Å². The molecule has 0 radical (unpaired) electrons. The van der Waals surface area contributed by atoms with Crippen LogP contribution in [0.25, 0.3) is 6.08 Å². The summed E-state index contributed by atoms with van der Waals surface area (Å²) >= 11 is 0. The Kier molecular flexibility index (Phi) is 5.57. The Labute approximate surface area is 111 Å². The van der Waals surface area contributed by atoms with Gasteiger partial charge in [0.1, 0.15) is 0 Å². The molecule has 1 rings (SSSR count). The van der Waals surface area contributed by atoms with Crippen molar-refractivity contribution in [3.63, 3.8) is 0 Å². The van der Waals surface area contributed by atoms with Crippen LogP contribution in [0.5, 0.6) is 0 Å². The van der Waals surface area contributed by atoms with Crippen molar-refractivity contribution >= 4 is 6.08 Å². The Bertz CT molecular complexity index is 358. The Morgan fingerprint density at radius 2 is 1.50 bits per heavy atom. The van der Waals surface area contributed by atoms with E-state index < -0.39 is 0 Å². The second-order valence-corrected chi connectivity index (χ2v) is 5.83. The molecule has 1 aromatic carbocycles. The maximum absolute atomic E-state index is 12.7. The van der Waals surface area contributed by atoms with E-state index >= 15 is 0 Å². The smallest absolute Gasteiger partial charge is 0.0964 e. The molecule has 0 saturated heterocycles. The summed E-state index contributed by atoms with van der Waals surface area (Å²) in [6.45, 7) is 9.68. The van der Waals surface area contributed by atoms with Crippen molar-refractivity contribution < 1.29 is 4.65 Å². The van der Waals surface area contributed by atoms with Gasteiger partial charge in [0.25, 0.3) is 0 Å². The highest BCUT2D eigenvalue weighted by Gasteiger charge is 2.17. The molecule has 0 aliphatic carbocycles. The first-order valence-electron chi connectivity index (χ1n) is 6.73. The molecule has 0 amide bonds. The van der Waals surface area contributed by atoms with Gasteiger partial charge in [-0.25, -0.2) is 0 Å². The van der Waals surface area contributed by atoms with Crippen molar-refractivity contribution in [3.8, 4) is 0 Å². The van der Waals surface area contributed by atoms with Crippen molar-refractivity contribution in [2.75, 3.05) is 13.1 Å². The lowest BCUT2D eigenvalue weighted by molar-refractivity contribution is -0.835. The molecule has 2 nitrogen and oxygen atoms in total. The molecule has 0 heterocycles. The summed E-state index contributed by atoms with van der Waals surface area (Å²) in [7, 11) is 0. The molecule has 100 valence electrons. The van der Waals surface area contributed by atoms with Gasteiger partial charge < -0.3 is 9.85 Å². The highest BCUT2D eigenvalue weighted by molar-refractivity contribution is 5.47. The van der Waals surface area contributed by atoms with Gasteiger partial charge in [-0.1, -0.05) is 58.0 Å². The van der Waals surface area contributed by atoms with Crippen LogP contribution in [-0.4, -0.2) is 17.7 Å². The predicted octanol–water partition coefficient (Wildman–Crippen LogP) is 4.28. The molecule has 0 aliphatic heterocycles. The second kappa shape index (κ2) is 6.72. The Morgan fingerprint density at radius 3 is 1.94 bits per heavy atom. The lowest BCUT2D eigenvalue weighted by atomic mass is 10.1. The van der Waals surface area contributed by atoms with Crippen LogP contribution < -0.4 is 0 Å². The monoisotopic (exact) mass is 247 g/mol. The van der Waals surface area contributed by atoms with E-state index in [2.05, 4.69) is 27.7 Å². The fourth-order valence-electron chi connectivity index (χ4n) is 2.22. The quantitative estimate of drug-likeness (QED) is 0.543. The van der Waals surface area contributed by atoms with Crippen molar-refractivity contribution in [2.45, 2.75) is 27.7 Å². The Balaban J connectivity index is 2.81. The molecule has 0 atom stereocenters. The summed E-state index contributed by atoms with van der Waals surface area (Å²) in [4.78, 5) is 0. The van der Waals surface area contributed by atoms with Gasteiger partial charge >= 0.3 is 0 Å². The lowest BCUT2D eigenvalue weighted by Crippen LogP contribution is -2.42. The molecule has 0 N–H and O–H groups in total. The molecule has 2 heteroatoms. The number of hydrogen-bond acceptors (Lipinski definition) is 1. The Morgan fingerprint density at radius 1 is 1.00 bits per heavy atom. The van der Waals surface area contributed by atoms with Crippen LogP contribution in [0.15, 0.2) is 36.5 Å². The van der Waals surface area contributed by atoms with E-state index in [-0.39, 0.29) is 4.65 Å². The van der Waals surface area contributed by atoms with Gasteiger partial charge in [0.15, 0.2) is 0 Å². The van der Waals surface area contributed by atoms with Gasteiger partial charge in [-0.3, -0.25) is 0 Å². The van der Waals surface area contributed by atoms with Gasteiger partial charge in [-0.15, -0.1) is 0 Å². The minimum absolute atomic E-state index is 0.232. The first kappa shape index (κ1) is 14.9. The number of hydrogen-bond donors (Lipinski definition) is 0. The molecule has 0 aliphatic rings. The first-order chi connectivity index (χ1) is 8.41. The third-order valence-corrected chi connectivity index (χ3v) is 2.69. The summed E-state index contributed by atoms with van der Waals surface area (Å²) in [6.07, 6.45) is 3.74. The Hall–Kier alpha value is -1.12. The normalized spacial score (nSPS) is 12.8. The number of hydroxylamine groups is 3. The maximum atomic E-state index is 12.7. The maximum Gasteiger partial charge on any atom is 0.0964 e. The minimum atomic E-state index is -0.232. The van der Waals surface area contributed by atoms with Gasteiger partial charge in [-0.05, 0) is 11.6 Å². The summed E-state index contributed by atoms with van der Waals surface area (Å²) in [5.74, 6) is 0.809. The van der Waals surface area contributed by atoms with Crippen molar-refractivity contribution in [1.82, 2.24) is 0 Å². The van der Waals surface area contributed by atoms with E-state index in [1.807, 2.05) is 36.4 Å². The van der Waals surface area contributed by atoms with Crippen molar-refractivity contribution in [2.24, 2.45) is 11.8 Å². The van der Waals surface area contributed by atoms with Gasteiger partial charge in [0, 0.05) is 11.8 Å². The zero-order valence-electron chi connectivity index (χ0n) is 12.0. The minimum Gasteiger partial charge on any atom is -0.628 e. The third-order valence-electron chi connectivity index (χ3n) is 2.69. The lowest BCUT2D eigenvalue weighted by Gasteiger charge is -2.41. The fraction of sp³-hybridized carbons (Fsp3) is 0.500. The van der Waals surface area contributed by atoms with Crippen LogP contribution in [0.2, 0.25) is 0 Å². The molecular formula is C16H25NO. The zero-order valence-corrected chi connectivity index (χ0v) is 12.0. The zero-order chi connectivity index (χ0) is 13.6. The summed E-state index contributed by atoms with van der Waals surface area (Å²) < 4.78 is -0.232. The van der Waals surface area contributed by atoms with E-state index in [0.29, 0.717) is 24.9 Å². The van der Waals surface area contributed by atoms with Crippen molar-refractivity contribution in [1.29, 1.82) is 0 Å². The molecule has 0 aromatic heterocycles. The predicted molar refractivity (Wildman–Crippen MR) is 78.5 cm³/mol. The molecule has 0 saturated carbocycles. The van der Waals surface area contributed by atoms with Crippen LogP contribution >= 0.6 is 0 Å². The van der Waals surface area contributed by atoms with Gasteiger partial charge in [0.2, 0.25) is 0 Å². The van der Waals surface area contributed by atoms with Crippen LogP contribution in [0.4, 0.5) is 0 Å². The highest BCUT2D eigenvalue weighted by Crippen LogP contribution is 2.16. The van der Waals surface area contributed by atoms with E-state index in [0.717, 1.165) is 5.56 Å². The highest BCUT2D eigenvalue weighted by atomic mass is 16.5. The van der Waals surface area contributed by atoms with E-state index in [1.165, 1.54) is 0 Å². The fourth-order valence-corrected chi connectivity index (χ4v) is 2.22. The number of benzene rings is 1. The summed E-state index contributed by atoms with van der Waals surface area (Å²) in [5, 5.41) is 12.7. The number of quaternary nitrogens is 1. The van der Waals surface area contributed by atoms with Gasteiger partial charge in [-0.2, -0.15) is 0 Å². The van der Waals surface area contributed by atoms with Gasteiger partial charge in [0.05, 0.1) is 19.3 Å². The average Bonchev–Trinajstić information content (AvgIpc) is 2.26. The summed E-state index contributed by atoms with van der Waals surface area (Å²) in [6, 6.07) is 10.0. The second-order valence-electron chi connectivity index (χ2n) is 5.83. The molecule has 0 spiro atoms. The average molecular weight is 247 g/mol. The molecular weight excluding hydrogens is 222 g/mol.